The van der Waals surface area contributed by atoms with Gasteiger partial charge < -0.3 is 4.57 Å². The Morgan fingerprint density at radius 2 is 1.87 bits per heavy atom. The summed E-state index contributed by atoms with van der Waals surface area (Å²) < 4.78 is 17.3. The number of halogens is 1. The molecule has 1 aliphatic rings. The molecule has 1 aromatic carbocycles. The Morgan fingerprint density at radius 3 is 2.61 bits per heavy atom. The van der Waals surface area contributed by atoms with Crippen LogP contribution in [0.15, 0.2) is 48.9 Å². The minimum absolute atomic E-state index is 0.141. The lowest BCUT2D eigenvalue weighted by Gasteiger charge is -2.22. The van der Waals surface area contributed by atoms with E-state index < -0.39 is 0 Å². The maximum absolute atomic E-state index is 13.3. The third-order valence-corrected chi connectivity index (χ3v) is 5.64. The Labute approximate surface area is 180 Å². The third-order valence-electron chi connectivity index (χ3n) is 5.64. The van der Waals surface area contributed by atoms with Gasteiger partial charge in [-0.1, -0.05) is 12.1 Å². The van der Waals surface area contributed by atoms with Gasteiger partial charge in [-0.2, -0.15) is 5.10 Å². The molecule has 1 aliphatic heterocycles. The van der Waals surface area contributed by atoms with Crippen molar-refractivity contribution in [1.29, 1.82) is 0 Å². The van der Waals surface area contributed by atoms with Gasteiger partial charge in [-0.05, 0) is 68.7 Å². The van der Waals surface area contributed by atoms with Gasteiger partial charge in [0.05, 0.1) is 29.1 Å². The molecule has 0 saturated carbocycles. The van der Waals surface area contributed by atoms with Crippen LogP contribution < -0.4 is 0 Å². The Morgan fingerprint density at radius 1 is 1.03 bits per heavy atom. The normalized spacial score (nSPS) is 16.0. The summed E-state index contributed by atoms with van der Waals surface area (Å²) in [5.74, 6) is 1.52. The third kappa shape index (κ3) is 3.91. The quantitative estimate of drug-likeness (QED) is 0.485. The van der Waals surface area contributed by atoms with Crippen molar-refractivity contribution in [3.63, 3.8) is 0 Å². The first-order chi connectivity index (χ1) is 15.1. The van der Waals surface area contributed by atoms with Crippen LogP contribution in [-0.2, 0) is 6.54 Å². The highest BCUT2D eigenvalue weighted by molar-refractivity contribution is 5.65. The first kappa shape index (κ1) is 19.4. The van der Waals surface area contributed by atoms with Crippen LogP contribution in [0, 0.1) is 19.7 Å². The van der Waals surface area contributed by atoms with Gasteiger partial charge in [0.15, 0.2) is 5.82 Å². The van der Waals surface area contributed by atoms with Gasteiger partial charge >= 0.3 is 0 Å². The number of fused-ring (bicyclic) bond motifs is 1. The fourth-order valence-corrected chi connectivity index (χ4v) is 4.10. The van der Waals surface area contributed by atoms with Gasteiger partial charge in [0.25, 0.3) is 0 Å². The maximum atomic E-state index is 13.3. The zero-order chi connectivity index (χ0) is 21.4. The van der Waals surface area contributed by atoms with Gasteiger partial charge in [-0.3, -0.25) is 4.98 Å². The van der Waals surface area contributed by atoms with Crippen molar-refractivity contribution in [3.8, 4) is 5.69 Å². The van der Waals surface area contributed by atoms with Crippen LogP contribution >= 0.6 is 0 Å². The van der Waals surface area contributed by atoms with E-state index in [9.17, 15) is 4.39 Å². The minimum atomic E-state index is -0.221. The molecule has 0 spiro atoms. The number of hydrogen-bond donors (Lipinski definition) is 0. The summed E-state index contributed by atoms with van der Waals surface area (Å²) in [4.78, 5) is 13.7. The molecule has 1 atom stereocenters. The Hall–Kier alpha value is -3.61. The van der Waals surface area contributed by atoms with Gasteiger partial charge in [0, 0.05) is 18.7 Å². The van der Waals surface area contributed by atoms with Crippen LogP contribution in [0.3, 0.4) is 0 Å². The molecule has 156 valence electrons. The van der Waals surface area contributed by atoms with Crippen molar-refractivity contribution in [2.75, 3.05) is 0 Å². The molecule has 4 aromatic rings. The molecule has 3 aromatic heterocycles. The van der Waals surface area contributed by atoms with Gasteiger partial charge in [0.1, 0.15) is 11.6 Å². The van der Waals surface area contributed by atoms with E-state index >= 15 is 0 Å². The van der Waals surface area contributed by atoms with Crippen LogP contribution in [0.1, 0.15) is 53.1 Å². The summed E-state index contributed by atoms with van der Waals surface area (Å²) in [5, 5.41) is 4.65. The highest BCUT2D eigenvalue weighted by Gasteiger charge is 2.25. The van der Waals surface area contributed by atoms with Crippen molar-refractivity contribution in [2.45, 2.75) is 39.2 Å². The molecule has 0 radical (unpaired) electrons. The van der Waals surface area contributed by atoms with Crippen molar-refractivity contribution >= 4 is 12.2 Å². The fourth-order valence-electron chi connectivity index (χ4n) is 4.10. The number of aryl methyl sites for hydroxylation is 3. The van der Waals surface area contributed by atoms with E-state index in [0.717, 1.165) is 53.5 Å². The first-order valence-corrected chi connectivity index (χ1v) is 10.4. The highest BCUT2D eigenvalue weighted by atomic mass is 19.1. The average molecular weight is 414 g/mol. The Bertz CT molecular complexity index is 1250. The fraction of sp³-hybridized carbons (Fsp3) is 0.250. The zero-order valence-electron chi connectivity index (χ0n) is 17.5. The topological polar surface area (TPSA) is 61.4 Å². The molecule has 6 nitrogen and oxygen atoms in total. The highest BCUT2D eigenvalue weighted by Crippen LogP contribution is 2.32. The zero-order valence-corrected chi connectivity index (χ0v) is 17.5. The second kappa shape index (κ2) is 7.91. The predicted molar refractivity (Wildman–Crippen MR) is 117 cm³/mol. The average Bonchev–Trinajstić information content (AvgIpc) is 3.38. The molecule has 0 saturated heterocycles. The molecule has 0 fully saturated rings. The Balaban J connectivity index is 1.38. The standard InChI is InChI=1S/C24H23FN6/c1-16-14-30(15-26-16)22-11-9-20(27-17(22)2)10-12-23-28-24-21(4-3-13-31(24)29-23)18-5-7-19(25)8-6-18/h5-12,14-15,21H,3-4,13H2,1-2H3/b12-10+/t21-/m1/s1. The lowest BCUT2D eigenvalue weighted by molar-refractivity contribution is 0.445. The van der Waals surface area contributed by atoms with E-state index in [1.165, 1.54) is 12.1 Å². The molecule has 0 unspecified atom stereocenters. The number of nitrogens with zero attached hydrogens (tertiary/aromatic N) is 6. The van der Waals surface area contributed by atoms with Gasteiger partial charge in [-0.25, -0.2) is 19.0 Å². The van der Waals surface area contributed by atoms with Crippen LogP contribution in [0.2, 0.25) is 0 Å². The summed E-state index contributed by atoms with van der Waals surface area (Å²) in [6.45, 7) is 4.81. The molecule has 7 heteroatoms. The minimum Gasteiger partial charge on any atom is -0.304 e. The summed E-state index contributed by atoms with van der Waals surface area (Å²) >= 11 is 0. The van der Waals surface area contributed by atoms with E-state index in [-0.39, 0.29) is 11.7 Å². The monoisotopic (exact) mass is 414 g/mol. The second-order valence-corrected chi connectivity index (χ2v) is 7.89. The molecule has 31 heavy (non-hydrogen) atoms. The summed E-state index contributed by atoms with van der Waals surface area (Å²) in [6.07, 6.45) is 9.63. The van der Waals surface area contributed by atoms with Crippen LogP contribution in [0.5, 0.6) is 0 Å². The van der Waals surface area contributed by atoms with Crippen LogP contribution in [0.25, 0.3) is 17.8 Å². The molecular weight excluding hydrogens is 391 g/mol. The van der Waals surface area contributed by atoms with Gasteiger partial charge in [0.2, 0.25) is 0 Å². The predicted octanol–water partition coefficient (Wildman–Crippen LogP) is 4.71. The number of imidazole rings is 1. The van der Waals surface area contributed by atoms with Crippen LogP contribution in [-0.4, -0.2) is 29.3 Å². The van der Waals surface area contributed by atoms with E-state index in [0.29, 0.717) is 5.82 Å². The number of rotatable bonds is 4. The lowest BCUT2D eigenvalue weighted by Crippen LogP contribution is -2.17. The number of benzene rings is 1. The van der Waals surface area contributed by atoms with E-state index in [2.05, 4.69) is 10.1 Å². The smallest absolute Gasteiger partial charge is 0.174 e. The van der Waals surface area contributed by atoms with E-state index in [1.807, 2.05) is 65.7 Å². The number of hydrogen-bond acceptors (Lipinski definition) is 4. The largest absolute Gasteiger partial charge is 0.304 e. The van der Waals surface area contributed by atoms with Crippen molar-refractivity contribution in [1.82, 2.24) is 29.3 Å². The Kier molecular flexibility index (Phi) is 4.94. The van der Waals surface area contributed by atoms with Gasteiger partial charge in [-0.15, -0.1) is 0 Å². The summed E-state index contributed by atoms with van der Waals surface area (Å²) in [7, 11) is 0. The number of pyridine rings is 1. The van der Waals surface area contributed by atoms with E-state index in [1.54, 1.807) is 6.33 Å². The molecule has 4 heterocycles. The molecule has 0 aliphatic carbocycles. The second-order valence-electron chi connectivity index (χ2n) is 7.89. The molecule has 0 bridgehead atoms. The van der Waals surface area contributed by atoms with Crippen LogP contribution in [0.4, 0.5) is 4.39 Å². The molecule has 0 amide bonds. The maximum Gasteiger partial charge on any atom is 0.174 e. The molecular formula is C24H23FN6. The lowest BCUT2D eigenvalue weighted by atomic mass is 9.91. The SMILES string of the molecule is Cc1cn(-c2ccc(/C=C/c3nc4n(n3)CCC[C@@H]4c3ccc(F)cc3)nc2C)cn1. The van der Waals surface area contributed by atoms with Crippen molar-refractivity contribution < 1.29 is 4.39 Å². The summed E-state index contributed by atoms with van der Waals surface area (Å²) in [5.41, 5.74) is 4.83. The summed E-state index contributed by atoms with van der Waals surface area (Å²) in [6, 6.07) is 10.7. The molecule has 0 N–H and O–H groups in total. The van der Waals surface area contributed by atoms with Crippen molar-refractivity contribution in [2.24, 2.45) is 0 Å². The first-order valence-electron chi connectivity index (χ1n) is 10.4. The molecule has 5 rings (SSSR count). The van der Waals surface area contributed by atoms with E-state index in [4.69, 9.17) is 9.97 Å². The van der Waals surface area contributed by atoms with Crippen molar-refractivity contribution in [3.05, 3.63) is 89.0 Å². The number of aromatic nitrogens is 6.